The summed E-state index contributed by atoms with van der Waals surface area (Å²) in [6, 6.07) is 2.06. The molecule has 1 amide bonds. The molecule has 2 bridgehead atoms. The molecule has 2 aromatic rings. The van der Waals surface area contributed by atoms with Crippen LogP contribution in [0.2, 0.25) is 0 Å². The Balaban J connectivity index is 1.74. The molecule has 0 saturated carbocycles. The lowest BCUT2D eigenvalue weighted by atomic mass is 9.91. The van der Waals surface area contributed by atoms with Gasteiger partial charge in [0.2, 0.25) is 15.9 Å². The molecule has 156 valence electrons. The van der Waals surface area contributed by atoms with Gasteiger partial charge in [-0.2, -0.15) is 4.31 Å². The number of aromatic amines is 1. The van der Waals surface area contributed by atoms with Crippen molar-refractivity contribution in [2.75, 3.05) is 20.3 Å². The number of methoxy groups -OCH3 is 1. The van der Waals surface area contributed by atoms with Gasteiger partial charge in [0.05, 0.1) is 25.0 Å². The van der Waals surface area contributed by atoms with E-state index in [1.54, 1.807) is 24.3 Å². The fourth-order valence-corrected chi connectivity index (χ4v) is 6.23. The second-order valence-electron chi connectivity index (χ2n) is 7.45. The average Bonchev–Trinajstić information content (AvgIpc) is 3.23. The Kier molecular flexibility index (Phi) is 5.61. The van der Waals surface area contributed by atoms with Gasteiger partial charge < -0.3 is 9.64 Å². The molecule has 0 spiro atoms. The summed E-state index contributed by atoms with van der Waals surface area (Å²) in [5.74, 6) is -0.341. The number of amides is 1. The van der Waals surface area contributed by atoms with E-state index in [0.717, 1.165) is 6.42 Å². The van der Waals surface area contributed by atoms with Crippen molar-refractivity contribution in [2.45, 2.75) is 42.8 Å². The molecule has 3 atom stereocenters. The number of rotatable bonds is 6. The van der Waals surface area contributed by atoms with Crippen molar-refractivity contribution < 1.29 is 17.9 Å². The highest BCUT2D eigenvalue weighted by molar-refractivity contribution is 7.89. The fourth-order valence-electron chi connectivity index (χ4n) is 4.38. The number of nitrogens with one attached hydrogen (secondary N) is 1. The van der Waals surface area contributed by atoms with E-state index in [-0.39, 0.29) is 22.8 Å². The van der Waals surface area contributed by atoms with Gasteiger partial charge in [0.15, 0.2) is 0 Å². The van der Waals surface area contributed by atoms with Gasteiger partial charge in [-0.3, -0.25) is 14.9 Å². The van der Waals surface area contributed by atoms with Gasteiger partial charge in [-0.25, -0.2) is 8.42 Å². The summed E-state index contributed by atoms with van der Waals surface area (Å²) in [5, 5.41) is 10.2. The van der Waals surface area contributed by atoms with Gasteiger partial charge in [-0.15, -0.1) is 5.10 Å². The van der Waals surface area contributed by atoms with Crippen molar-refractivity contribution >= 4 is 15.9 Å². The SMILES string of the molecule is COC[C@H]1CN(Cc2cnn[nH]2)C(=O)[C@@H]2CCC[C@H]1N2S(=O)(=O)c1cccnc1. The molecule has 2 aromatic heterocycles. The van der Waals surface area contributed by atoms with Crippen molar-refractivity contribution in [1.82, 2.24) is 29.6 Å². The van der Waals surface area contributed by atoms with Crippen LogP contribution < -0.4 is 0 Å². The van der Waals surface area contributed by atoms with Crippen LogP contribution in [-0.4, -0.2) is 76.3 Å². The van der Waals surface area contributed by atoms with Crippen LogP contribution in [0.25, 0.3) is 0 Å². The van der Waals surface area contributed by atoms with Crippen molar-refractivity contribution in [2.24, 2.45) is 5.92 Å². The number of ether oxygens (including phenoxy) is 1. The molecule has 2 aliphatic rings. The van der Waals surface area contributed by atoms with Crippen LogP contribution in [0.15, 0.2) is 35.6 Å². The molecule has 0 unspecified atom stereocenters. The second kappa shape index (κ2) is 8.17. The first-order valence-electron chi connectivity index (χ1n) is 9.58. The minimum Gasteiger partial charge on any atom is -0.384 e. The Morgan fingerprint density at radius 1 is 1.31 bits per heavy atom. The normalized spacial score (nSPS) is 25.8. The standard InChI is InChI=1S/C18H24N6O4S/c1-28-12-13-10-23(11-14-8-20-22-21-14)18(25)17-6-2-5-16(13)24(17)29(26,27)15-4-3-7-19-9-15/h3-4,7-9,13,16-17H,2,5-6,10-12H2,1H3,(H,20,21,22)/t13-,16-,17+/m1/s1. The maximum absolute atomic E-state index is 13.5. The number of pyridine rings is 1. The van der Waals surface area contributed by atoms with E-state index in [2.05, 4.69) is 20.4 Å². The van der Waals surface area contributed by atoms with E-state index >= 15 is 0 Å². The lowest BCUT2D eigenvalue weighted by molar-refractivity contribution is -0.135. The minimum absolute atomic E-state index is 0.104. The number of sulfonamides is 1. The molecule has 11 heteroatoms. The Bertz CT molecular complexity index is 937. The first kappa shape index (κ1) is 19.9. The summed E-state index contributed by atoms with van der Waals surface area (Å²) in [6.45, 7) is 1.07. The van der Waals surface area contributed by atoms with Gasteiger partial charge in [-0.05, 0) is 31.4 Å². The van der Waals surface area contributed by atoms with Crippen LogP contribution in [0.4, 0.5) is 0 Å². The summed E-state index contributed by atoms with van der Waals surface area (Å²) in [6.07, 6.45) is 6.41. The molecule has 2 saturated heterocycles. The lowest BCUT2D eigenvalue weighted by Gasteiger charge is -2.40. The largest absolute Gasteiger partial charge is 0.384 e. The average molecular weight is 420 g/mol. The zero-order valence-electron chi connectivity index (χ0n) is 16.1. The van der Waals surface area contributed by atoms with Crippen LogP contribution in [-0.2, 0) is 26.1 Å². The van der Waals surface area contributed by atoms with E-state index < -0.39 is 16.1 Å². The van der Waals surface area contributed by atoms with Gasteiger partial charge in [0.25, 0.3) is 0 Å². The van der Waals surface area contributed by atoms with Crippen LogP contribution in [0.3, 0.4) is 0 Å². The minimum atomic E-state index is -3.88. The van der Waals surface area contributed by atoms with Gasteiger partial charge in [0, 0.05) is 38.0 Å². The van der Waals surface area contributed by atoms with Gasteiger partial charge in [0.1, 0.15) is 10.9 Å². The van der Waals surface area contributed by atoms with Crippen molar-refractivity contribution in [3.05, 3.63) is 36.4 Å². The van der Waals surface area contributed by atoms with Crippen LogP contribution in [0, 0.1) is 5.92 Å². The summed E-state index contributed by atoms with van der Waals surface area (Å²) in [7, 11) is -2.29. The Hall–Kier alpha value is -2.37. The smallest absolute Gasteiger partial charge is 0.245 e. The molecule has 4 rings (SSSR count). The number of hydrogen-bond donors (Lipinski definition) is 1. The van der Waals surface area contributed by atoms with E-state index in [0.29, 0.717) is 38.2 Å². The number of H-pyrrole nitrogens is 1. The van der Waals surface area contributed by atoms with E-state index in [1.165, 1.54) is 22.8 Å². The Morgan fingerprint density at radius 2 is 2.17 bits per heavy atom. The molecule has 1 N–H and O–H groups in total. The molecular formula is C18H24N6O4S. The van der Waals surface area contributed by atoms with Gasteiger partial charge >= 0.3 is 0 Å². The molecular weight excluding hydrogens is 396 g/mol. The molecule has 10 nitrogen and oxygen atoms in total. The summed E-state index contributed by atoms with van der Waals surface area (Å²) >= 11 is 0. The third-order valence-electron chi connectivity index (χ3n) is 5.62. The summed E-state index contributed by atoms with van der Waals surface area (Å²) in [4.78, 5) is 19.2. The molecule has 29 heavy (non-hydrogen) atoms. The van der Waals surface area contributed by atoms with Crippen molar-refractivity contribution in [3.8, 4) is 0 Å². The number of piperidine rings is 1. The number of carbonyl (C=O) groups excluding carboxylic acids is 1. The predicted octanol–water partition coefficient (Wildman–Crippen LogP) is 0.417. The second-order valence-corrected chi connectivity index (χ2v) is 9.30. The van der Waals surface area contributed by atoms with Crippen molar-refractivity contribution in [1.29, 1.82) is 0 Å². The van der Waals surface area contributed by atoms with E-state index in [9.17, 15) is 13.2 Å². The van der Waals surface area contributed by atoms with E-state index in [4.69, 9.17) is 4.74 Å². The highest BCUT2D eigenvalue weighted by atomic mass is 32.2. The maximum atomic E-state index is 13.5. The number of nitrogens with zero attached hydrogens (tertiary/aromatic N) is 5. The quantitative estimate of drug-likeness (QED) is 0.719. The lowest BCUT2D eigenvalue weighted by Crippen LogP contribution is -2.55. The highest BCUT2D eigenvalue weighted by Crippen LogP contribution is 2.37. The van der Waals surface area contributed by atoms with Gasteiger partial charge in [-0.1, -0.05) is 5.21 Å². The molecule has 2 aliphatic heterocycles. The first-order valence-corrected chi connectivity index (χ1v) is 11.0. The molecule has 2 fully saturated rings. The van der Waals surface area contributed by atoms with Crippen LogP contribution >= 0.6 is 0 Å². The molecule has 0 aliphatic carbocycles. The zero-order valence-corrected chi connectivity index (χ0v) is 17.0. The number of hydrogen-bond acceptors (Lipinski definition) is 7. The number of fused-ring (bicyclic) bond motifs is 2. The topological polar surface area (TPSA) is 121 Å². The maximum Gasteiger partial charge on any atom is 0.245 e. The summed E-state index contributed by atoms with van der Waals surface area (Å²) in [5.41, 5.74) is 0.702. The first-order chi connectivity index (χ1) is 14.0. The van der Waals surface area contributed by atoms with Crippen LogP contribution in [0.5, 0.6) is 0 Å². The van der Waals surface area contributed by atoms with Crippen LogP contribution in [0.1, 0.15) is 25.0 Å². The Labute approximate surface area is 169 Å². The third kappa shape index (κ3) is 3.77. The number of aromatic nitrogens is 4. The summed E-state index contributed by atoms with van der Waals surface area (Å²) < 4.78 is 33.9. The zero-order chi connectivity index (χ0) is 20.4. The molecule has 0 radical (unpaired) electrons. The van der Waals surface area contributed by atoms with E-state index in [1.807, 2.05) is 0 Å². The predicted molar refractivity (Wildman–Crippen MR) is 102 cm³/mol. The van der Waals surface area contributed by atoms with Crippen molar-refractivity contribution in [3.63, 3.8) is 0 Å². The third-order valence-corrected chi connectivity index (χ3v) is 7.54. The fraction of sp³-hybridized carbons (Fsp3) is 0.556. The monoisotopic (exact) mass is 420 g/mol. The highest BCUT2D eigenvalue weighted by Gasteiger charge is 2.50. The molecule has 4 heterocycles. The Morgan fingerprint density at radius 3 is 2.86 bits per heavy atom. The molecule has 0 aromatic carbocycles. The number of carbonyl (C=O) groups is 1.